The fourth-order valence-corrected chi connectivity index (χ4v) is 15.5. The van der Waals surface area contributed by atoms with E-state index in [1.807, 2.05) is 72.8 Å². The molecule has 0 bridgehead atoms. The van der Waals surface area contributed by atoms with E-state index in [1.54, 1.807) is 0 Å². The lowest BCUT2D eigenvalue weighted by molar-refractivity contribution is 1.67. The molecule has 0 N–H and O–H groups in total. The standard InChI is InChI=1S/C36H24Cl6NP2/c37-25-1-13-31(14-2-25)44(32-15-3-26(38)4-16-32,33-17-5-27(39)6-18-33)43-45(34-19-7-28(40)8-20-34,35-21-9-29(41)10-22-35)36-23-11-30(42)12-24-36/h1-24H/q+1. The molecule has 0 radical (unpaired) electrons. The van der Waals surface area contributed by atoms with Gasteiger partial charge in [0.25, 0.3) is 0 Å². The predicted octanol–water partition coefficient (Wildman–Crippen LogP) is 11.0. The second-order valence-electron chi connectivity index (χ2n) is 10.2. The van der Waals surface area contributed by atoms with Crippen LogP contribution in [0.1, 0.15) is 0 Å². The van der Waals surface area contributed by atoms with E-state index in [0.29, 0.717) is 30.1 Å². The lowest BCUT2D eigenvalue weighted by atomic mass is 10.3. The summed E-state index contributed by atoms with van der Waals surface area (Å²) in [6.45, 7) is 0. The Balaban J connectivity index is 1.89. The molecule has 1 nitrogen and oxygen atoms in total. The van der Waals surface area contributed by atoms with Gasteiger partial charge in [-0.15, -0.1) is 4.52 Å². The van der Waals surface area contributed by atoms with E-state index in [4.69, 9.17) is 74.1 Å². The first-order valence-electron chi connectivity index (χ1n) is 13.8. The van der Waals surface area contributed by atoms with Gasteiger partial charge in [-0.3, -0.25) is 0 Å². The van der Waals surface area contributed by atoms with Crippen LogP contribution in [0.25, 0.3) is 0 Å². The van der Waals surface area contributed by atoms with Crippen LogP contribution in [0, 0.1) is 0 Å². The van der Waals surface area contributed by atoms with Gasteiger partial charge in [-0.05, 0) is 109 Å². The Morgan fingerprint density at radius 1 is 0.311 bits per heavy atom. The molecule has 0 aromatic heterocycles. The highest BCUT2D eigenvalue weighted by Gasteiger charge is 2.50. The zero-order valence-electron chi connectivity index (χ0n) is 23.5. The summed E-state index contributed by atoms with van der Waals surface area (Å²) in [6.07, 6.45) is 0. The first-order chi connectivity index (χ1) is 21.7. The van der Waals surface area contributed by atoms with Crippen LogP contribution in [-0.2, 0) is 0 Å². The topological polar surface area (TPSA) is 12.4 Å². The van der Waals surface area contributed by atoms with Crippen LogP contribution in [0.15, 0.2) is 150 Å². The maximum atomic E-state index is 6.48. The van der Waals surface area contributed by atoms with E-state index >= 15 is 0 Å². The molecule has 0 unspecified atom stereocenters. The smallest absolute Gasteiger partial charge is 0.121 e. The third-order valence-electron chi connectivity index (χ3n) is 7.47. The maximum absolute atomic E-state index is 6.48. The zero-order valence-corrected chi connectivity index (χ0v) is 29.8. The summed E-state index contributed by atoms with van der Waals surface area (Å²) >= 11 is 38.9. The average molecular weight is 745 g/mol. The van der Waals surface area contributed by atoms with E-state index in [9.17, 15) is 0 Å². The Bertz CT molecular complexity index is 1750. The molecule has 0 atom stereocenters. The second kappa shape index (κ2) is 13.8. The molecule has 0 spiro atoms. The van der Waals surface area contributed by atoms with Gasteiger partial charge in [0.05, 0.1) is 0 Å². The molecule has 0 amide bonds. The number of rotatable bonds is 7. The van der Waals surface area contributed by atoms with Gasteiger partial charge in [0.2, 0.25) is 7.41 Å². The van der Waals surface area contributed by atoms with Crippen LogP contribution in [0.5, 0.6) is 0 Å². The molecule has 0 aliphatic carbocycles. The van der Waals surface area contributed by atoms with Crippen molar-refractivity contribution in [3.63, 3.8) is 0 Å². The third-order valence-corrected chi connectivity index (χ3v) is 17.4. The number of benzene rings is 6. The van der Waals surface area contributed by atoms with E-state index in [0.717, 1.165) is 31.8 Å². The Kier molecular flexibility index (Phi) is 10.0. The van der Waals surface area contributed by atoms with Crippen LogP contribution in [0.3, 0.4) is 0 Å². The monoisotopic (exact) mass is 742 g/mol. The minimum absolute atomic E-state index is 0.637. The molecule has 224 valence electrons. The number of nitrogens with zero attached hydrogens (tertiary/aromatic N) is 1. The molecule has 9 heteroatoms. The molecule has 0 heterocycles. The molecule has 0 aliphatic rings. The molecule has 45 heavy (non-hydrogen) atoms. The van der Waals surface area contributed by atoms with Crippen molar-refractivity contribution in [2.45, 2.75) is 0 Å². The van der Waals surface area contributed by atoms with Crippen molar-refractivity contribution in [1.82, 2.24) is 0 Å². The highest BCUT2D eigenvalue weighted by atomic mass is 35.5. The highest BCUT2D eigenvalue weighted by molar-refractivity contribution is 8.01. The summed E-state index contributed by atoms with van der Waals surface area (Å²) in [6, 6.07) is 47.9. The summed E-state index contributed by atoms with van der Waals surface area (Å²) in [5.41, 5.74) is 0. The largest absolute Gasteiger partial charge is 0.228 e. The first-order valence-corrected chi connectivity index (χ1v) is 19.6. The van der Waals surface area contributed by atoms with Gasteiger partial charge in [0.1, 0.15) is 23.0 Å². The maximum Gasteiger partial charge on any atom is 0.228 e. The molecule has 0 saturated carbocycles. The normalized spacial score (nSPS) is 11.8. The number of halogens is 6. The van der Waals surface area contributed by atoms with Gasteiger partial charge >= 0.3 is 0 Å². The van der Waals surface area contributed by atoms with Crippen molar-refractivity contribution < 1.29 is 0 Å². The summed E-state index contributed by atoms with van der Waals surface area (Å²) < 4.78 is 6.30. The summed E-state index contributed by atoms with van der Waals surface area (Å²) in [5.74, 6) is 0. The molecular formula is C36H24Cl6NP2+. The van der Waals surface area contributed by atoms with Gasteiger partial charge in [-0.1, -0.05) is 106 Å². The number of hydrogen-bond donors (Lipinski definition) is 0. The van der Waals surface area contributed by atoms with Crippen LogP contribution in [0.4, 0.5) is 0 Å². The minimum atomic E-state index is -2.87. The third kappa shape index (κ3) is 6.62. The van der Waals surface area contributed by atoms with Gasteiger partial charge in [-0.25, -0.2) is 0 Å². The molecular weight excluding hydrogens is 721 g/mol. The van der Waals surface area contributed by atoms with E-state index in [1.165, 1.54) is 0 Å². The molecule has 0 aliphatic heterocycles. The molecule has 0 saturated heterocycles. The lowest BCUT2D eigenvalue weighted by Crippen LogP contribution is -2.33. The van der Waals surface area contributed by atoms with Crippen molar-refractivity contribution in [3.05, 3.63) is 176 Å². The molecule has 6 aromatic rings. The average Bonchev–Trinajstić information content (AvgIpc) is 3.05. The van der Waals surface area contributed by atoms with Crippen molar-refractivity contribution in [2.75, 3.05) is 0 Å². The lowest BCUT2D eigenvalue weighted by Gasteiger charge is -2.31. The molecule has 0 fully saturated rings. The van der Waals surface area contributed by atoms with Gasteiger partial charge in [-0.2, -0.15) is 0 Å². The quantitative estimate of drug-likeness (QED) is 0.144. The summed E-state index contributed by atoms with van der Waals surface area (Å²) in [4.78, 5) is 0. The van der Waals surface area contributed by atoms with E-state index in [-0.39, 0.29) is 0 Å². The highest BCUT2D eigenvalue weighted by Crippen LogP contribution is 2.66. The molecule has 6 aromatic carbocycles. The number of hydrogen-bond acceptors (Lipinski definition) is 1. The Labute approximate surface area is 294 Å². The van der Waals surface area contributed by atoms with E-state index in [2.05, 4.69) is 72.8 Å². The van der Waals surface area contributed by atoms with Gasteiger partial charge in [0.15, 0.2) is 0 Å². The predicted molar refractivity (Wildman–Crippen MR) is 203 cm³/mol. The Morgan fingerprint density at radius 3 is 0.733 bits per heavy atom. The van der Waals surface area contributed by atoms with Crippen LogP contribution in [-0.4, -0.2) is 0 Å². The van der Waals surface area contributed by atoms with Crippen molar-refractivity contribution in [3.8, 4) is 0 Å². The van der Waals surface area contributed by atoms with Gasteiger partial charge < -0.3 is 0 Å². The fourth-order valence-electron chi connectivity index (χ4n) is 5.35. The zero-order chi connectivity index (χ0) is 31.6. The van der Waals surface area contributed by atoms with Crippen LogP contribution >= 0.6 is 84.1 Å². The minimum Gasteiger partial charge on any atom is -0.121 e. The van der Waals surface area contributed by atoms with E-state index < -0.39 is 14.5 Å². The second-order valence-corrected chi connectivity index (χ2v) is 19.2. The first kappa shape index (κ1) is 32.7. The Morgan fingerprint density at radius 2 is 0.511 bits per heavy atom. The summed E-state index contributed by atoms with van der Waals surface area (Å²) in [7, 11) is -5.73. The van der Waals surface area contributed by atoms with Gasteiger partial charge in [0, 0.05) is 46.0 Å². The van der Waals surface area contributed by atoms with Crippen LogP contribution in [0.2, 0.25) is 30.1 Å². The SMILES string of the molecule is Clc1ccc(P(=N[P+](c2ccc(Cl)cc2)(c2ccc(Cl)cc2)c2ccc(Cl)cc2)(c2ccc(Cl)cc2)c2ccc(Cl)cc2)cc1. The van der Waals surface area contributed by atoms with Crippen molar-refractivity contribution in [1.29, 1.82) is 0 Å². The fraction of sp³-hybridized carbons (Fsp3) is 0. The van der Waals surface area contributed by atoms with Crippen LogP contribution < -0.4 is 31.8 Å². The van der Waals surface area contributed by atoms with Crippen molar-refractivity contribution in [2.24, 2.45) is 4.52 Å². The molecule has 6 rings (SSSR count). The Hall–Kier alpha value is -2.28. The van der Waals surface area contributed by atoms with Crippen molar-refractivity contribution >= 4 is 116 Å². The summed E-state index contributed by atoms with van der Waals surface area (Å²) in [5, 5.41) is 9.98.